The Balaban J connectivity index is 2.70. The van der Waals surface area contributed by atoms with E-state index in [0.29, 0.717) is 0 Å². The summed E-state index contributed by atoms with van der Waals surface area (Å²) in [5, 5.41) is 1.26. The van der Waals surface area contributed by atoms with E-state index in [1.54, 1.807) is 0 Å². The molecule has 2 heteroatoms. The first-order valence-electron chi connectivity index (χ1n) is 3.74. The SMILES string of the molecule is Br/C=C/c1c[nH]c2ccccc12. The predicted octanol–water partition coefficient (Wildman–Crippen LogP) is 3.53. The molecule has 0 aliphatic rings. The second-order valence-corrected chi connectivity index (χ2v) is 3.11. The molecule has 2 aromatic rings. The van der Waals surface area contributed by atoms with Gasteiger partial charge in [-0.2, -0.15) is 0 Å². The summed E-state index contributed by atoms with van der Waals surface area (Å²) in [6.45, 7) is 0. The molecule has 0 spiro atoms. The maximum absolute atomic E-state index is 3.26. The fraction of sp³-hybridized carbons (Fsp3) is 0. The Morgan fingerprint density at radius 3 is 2.92 bits per heavy atom. The molecule has 0 radical (unpaired) electrons. The van der Waals surface area contributed by atoms with Crippen LogP contribution in [0.5, 0.6) is 0 Å². The van der Waals surface area contributed by atoms with E-state index in [2.05, 4.69) is 33.0 Å². The summed E-state index contributed by atoms with van der Waals surface area (Å²) < 4.78 is 0. The molecule has 12 heavy (non-hydrogen) atoms. The molecule has 1 aromatic heterocycles. The lowest BCUT2D eigenvalue weighted by Gasteiger charge is -1.88. The van der Waals surface area contributed by atoms with Crippen molar-refractivity contribution in [1.82, 2.24) is 4.98 Å². The van der Waals surface area contributed by atoms with Gasteiger partial charge in [0.2, 0.25) is 0 Å². The van der Waals surface area contributed by atoms with Crippen LogP contribution in [-0.2, 0) is 0 Å². The van der Waals surface area contributed by atoms with Crippen molar-refractivity contribution in [2.45, 2.75) is 0 Å². The van der Waals surface area contributed by atoms with Crippen LogP contribution < -0.4 is 0 Å². The number of aromatic nitrogens is 1. The first-order chi connectivity index (χ1) is 5.92. The van der Waals surface area contributed by atoms with Crippen LogP contribution in [-0.4, -0.2) is 4.98 Å². The second-order valence-electron chi connectivity index (χ2n) is 2.58. The first-order valence-corrected chi connectivity index (χ1v) is 4.66. The number of rotatable bonds is 1. The fourth-order valence-corrected chi connectivity index (χ4v) is 1.58. The van der Waals surface area contributed by atoms with Crippen LogP contribution in [0.4, 0.5) is 0 Å². The molecule has 1 aromatic carbocycles. The van der Waals surface area contributed by atoms with Gasteiger partial charge in [-0.3, -0.25) is 0 Å². The summed E-state index contributed by atoms with van der Waals surface area (Å²) in [5.74, 6) is 0. The van der Waals surface area contributed by atoms with Gasteiger partial charge in [-0.15, -0.1) is 0 Å². The quantitative estimate of drug-likeness (QED) is 0.759. The van der Waals surface area contributed by atoms with Crippen LogP contribution in [0.2, 0.25) is 0 Å². The summed E-state index contributed by atoms with van der Waals surface area (Å²) >= 11 is 3.26. The average molecular weight is 222 g/mol. The summed E-state index contributed by atoms with van der Waals surface area (Å²) in [5.41, 5.74) is 2.39. The van der Waals surface area contributed by atoms with Gasteiger partial charge in [0, 0.05) is 22.7 Å². The van der Waals surface area contributed by atoms with E-state index in [1.807, 2.05) is 29.4 Å². The molecule has 0 saturated carbocycles. The van der Waals surface area contributed by atoms with Crippen molar-refractivity contribution < 1.29 is 0 Å². The van der Waals surface area contributed by atoms with Gasteiger partial charge in [-0.1, -0.05) is 34.1 Å². The third-order valence-electron chi connectivity index (χ3n) is 1.86. The molecule has 0 fully saturated rings. The highest BCUT2D eigenvalue weighted by Crippen LogP contribution is 2.18. The Hall–Kier alpha value is -1.02. The van der Waals surface area contributed by atoms with Crippen molar-refractivity contribution in [3.8, 4) is 0 Å². The van der Waals surface area contributed by atoms with Gasteiger partial charge < -0.3 is 4.98 Å². The van der Waals surface area contributed by atoms with Crippen LogP contribution in [0.3, 0.4) is 0 Å². The number of benzene rings is 1. The lowest BCUT2D eigenvalue weighted by atomic mass is 10.2. The number of nitrogens with one attached hydrogen (secondary N) is 1. The maximum atomic E-state index is 3.26. The number of halogens is 1. The number of hydrogen-bond acceptors (Lipinski definition) is 0. The summed E-state index contributed by atoms with van der Waals surface area (Å²) in [4.78, 5) is 5.06. The average Bonchev–Trinajstić information content (AvgIpc) is 2.50. The topological polar surface area (TPSA) is 15.8 Å². The highest BCUT2D eigenvalue weighted by molar-refractivity contribution is 9.11. The lowest BCUT2D eigenvalue weighted by molar-refractivity contribution is 1.47. The number of fused-ring (bicyclic) bond motifs is 1. The van der Waals surface area contributed by atoms with Crippen LogP contribution in [0.15, 0.2) is 35.4 Å². The molecule has 0 atom stereocenters. The summed E-state index contributed by atoms with van der Waals surface area (Å²) in [7, 11) is 0. The predicted molar refractivity (Wildman–Crippen MR) is 56.3 cm³/mol. The molecule has 0 saturated heterocycles. The van der Waals surface area contributed by atoms with Crippen molar-refractivity contribution in [3.05, 3.63) is 41.0 Å². The zero-order chi connectivity index (χ0) is 8.39. The third-order valence-corrected chi connectivity index (χ3v) is 2.13. The highest BCUT2D eigenvalue weighted by atomic mass is 79.9. The zero-order valence-corrected chi connectivity index (χ0v) is 8.01. The second kappa shape index (κ2) is 3.15. The smallest absolute Gasteiger partial charge is 0.0460 e. The highest BCUT2D eigenvalue weighted by Gasteiger charge is 1.97. The van der Waals surface area contributed by atoms with Crippen molar-refractivity contribution in [2.24, 2.45) is 0 Å². The van der Waals surface area contributed by atoms with Crippen LogP contribution >= 0.6 is 15.9 Å². The molecule has 0 aliphatic carbocycles. The van der Waals surface area contributed by atoms with Gasteiger partial charge in [0.05, 0.1) is 0 Å². The van der Waals surface area contributed by atoms with Crippen molar-refractivity contribution in [2.75, 3.05) is 0 Å². The van der Waals surface area contributed by atoms with E-state index in [-0.39, 0.29) is 0 Å². The van der Waals surface area contributed by atoms with E-state index in [1.165, 1.54) is 16.5 Å². The lowest BCUT2D eigenvalue weighted by Crippen LogP contribution is -1.65. The Labute approximate surface area is 79.2 Å². The fourth-order valence-electron chi connectivity index (χ4n) is 1.30. The van der Waals surface area contributed by atoms with Crippen LogP contribution in [0, 0.1) is 0 Å². The number of aromatic amines is 1. The molecular formula is C10H8BrN. The van der Waals surface area contributed by atoms with Crippen molar-refractivity contribution in [1.29, 1.82) is 0 Å². The molecule has 1 heterocycles. The number of para-hydroxylation sites is 1. The number of hydrogen-bond donors (Lipinski definition) is 1. The van der Waals surface area contributed by atoms with Gasteiger partial charge >= 0.3 is 0 Å². The Bertz CT molecular complexity index is 414. The van der Waals surface area contributed by atoms with Crippen LogP contribution in [0.25, 0.3) is 17.0 Å². The zero-order valence-electron chi connectivity index (χ0n) is 6.42. The molecule has 0 bridgehead atoms. The molecule has 1 nitrogen and oxygen atoms in total. The maximum Gasteiger partial charge on any atom is 0.0460 e. The van der Waals surface area contributed by atoms with E-state index < -0.39 is 0 Å². The van der Waals surface area contributed by atoms with E-state index in [9.17, 15) is 0 Å². The van der Waals surface area contributed by atoms with Crippen LogP contribution in [0.1, 0.15) is 5.56 Å². The van der Waals surface area contributed by atoms with Crippen molar-refractivity contribution in [3.63, 3.8) is 0 Å². The molecule has 1 N–H and O–H groups in total. The molecule has 2 rings (SSSR count). The van der Waals surface area contributed by atoms with E-state index in [4.69, 9.17) is 0 Å². The number of H-pyrrole nitrogens is 1. The van der Waals surface area contributed by atoms with Crippen molar-refractivity contribution >= 4 is 32.9 Å². The minimum atomic E-state index is 1.18. The standard InChI is InChI=1S/C10H8BrN/c11-6-5-8-7-12-10-4-2-1-3-9(8)10/h1-7,12H/b6-5+. The minimum absolute atomic E-state index is 1.18. The minimum Gasteiger partial charge on any atom is -0.361 e. The molecular weight excluding hydrogens is 214 g/mol. The van der Waals surface area contributed by atoms with E-state index >= 15 is 0 Å². The Kier molecular flexibility index (Phi) is 2.00. The Morgan fingerprint density at radius 2 is 2.08 bits per heavy atom. The monoisotopic (exact) mass is 221 g/mol. The molecule has 0 amide bonds. The van der Waals surface area contributed by atoms with Gasteiger partial charge in [0.25, 0.3) is 0 Å². The first kappa shape index (κ1) is 7.62. The van der Waals surface area contributed by atoms with E-state index in [0.717, 1.165) is 0 Å². The van der Waals surface area contributed by atoms with Gasteiger partial charge in [0.15, 0.2) is 0 Å². The largest absolute Gasteiger partial charge is 0.361 e. The van der Waals surface area contributed by atoms with Gasteiger partial charge in [-0.25, -0.2) is 0 Å². The van der Waals surface area contributed by atoms with Gasteiger partial charge in [-0.05, 0) is 17.1 Å². The Morgan fingerprint density at radius 1 is 1.25 bits per heavy atom. The molecule has 0 unspecified atom stereocenters. The summed E-state index contributed by atoms with van der Waals surface area (Å²) in [6, 6.07) is 8.25. The molecule has 60 valence electrons. The normalized spacial score (nSPS) is 11.4. The molecule has 0 aliphatic heterocycles. The summed E-state index contributed by atoms with van der Waals surface area (Å²) in [6.07, 6.45) is 4.03. The third kappa shape index (κ3) is 1.18. The van der Waals surface area contributed by atoms with Gasteiger partial charge in [0.1, 0.15) is 0 Å².